The van der Waals surface area contributed by atoms with E-state index in [0.29, 0.717) is 12.8 Å². The average molecular weight is 259 g/mol. The summed E-state index contributed by atoms with van der Waals surface area (Å²) in [6.07, 6.45) is 1.37. The third kappa shape index (κ3) is 3.87. The molecule has 0 aliphatic heterocycles. The maximum Gasteiger partial charge on any atom is 0.696 e. The first-order valence-electron chi connectivity index (χ1n) is 5.21. The van der Waals surface area contributed by atoms with Gasteiger partial charge in [0.15, 0.2) is 4.93 Å². The molecule has 3 nitrogen and oxygen atoms in total. The second-order valence-electron chi connectivity index (χ2n) is 3.36. The molecule has 0 fully saturated rings. The third-order valence-electron chi connectivity index (χ3n) is 2.37. The highest BCUT2D eigenvalue weighted by Crippen LogP contribution is 2.44. The highest BCUT2D eigenvalue weighted by molar-refractivity contribution is 8.00. The fourth-order valence-corrected chi connectivity index (χ4v) is 3.28. The molecule has 0 heterocycles. The molecule has 1 atom stereocenters. The van der Waals surface area contributed by atoms with Gasteiger partial charge in [-0.05, 0) is 25.0 Å². The van der Waals surface area contributed by atoms with Crippen LogP contribution in [0.4, 0.5) is 0 Å². The van der Waals surface area contributed by atoms with E-state index in [-0.39, 0.29) is 0 Å². The second-order valence-corrected chi connectivity index (χ2v) is 5.44. The van der Waals surface area contributed by atoms with Crippen molar-refractivity contribution in [2.75, 3.05) is 0 Å². The van der Waals surface area contributed by atoms with E-state index in [4.69, 9.17) is 9.42 Å². The Morgan fingerprint density at radius 3 is 2.31 bits per heavy atom. The fraction of sp³-hybridized carbons (Fsp3) is 0.455. The summed E-state index contributed by atoms with van der Waals surface area (Å²) in [5.41, 5.74) is 0. The molecule has 1 unspecified atom stereocenters. The Balaban J connectivity index is 2.82. The lowest BCUT2D eigenvalue weighted by atomic mass is 10.2. The summed E-state index contributed by atoms with van der Waals surface area (Å²) >= 11 is 1.50. The van der Waals surface area contributed by atoms with Crippen molar-refractivity contribution in [2.24, 2.45) is 0 Å². The highest BCUT2D eigenvalue weighted by Gasteiger charge is 2.38. The van der Waals surface area contributed by atoms with Crippen molar-refractivity contribution in [3.63, 3.8) is 0 Å². The number of hydrogen-bond donors (Lipinski definition) is 1. The van der Waals surface area contributed by atoms with Gasteiger partial charge in [-0.15, -0.1) is 9.42 Å². The van der Waals surface area contributed by atoms with Crippen molar-refractivity contribution in [2.45, 2.75) is 36.5 Å². The van der Waals surface area contributed by atoms with Gasteiger partial charge in [-0.3, -0.25) is 0 Å². The maximum atomic E-state index is 10.8. The Kier molecular flexibility index (Phi) is 5.42. The van der Waals surface area contributed by atoms with Crippen molar-refractivity contribution < 1.29 is 14.0 Å². The monoisotopic (exact) mass is 259 g/mol. The molecule has 16 heavy (non-hydrogen) atoms. The molecule has 0 radical (unpaired) electrons. The highest BCUT2D eigenvalue weighted by atomic mass is 32.2. The Bertz CT molecular complexity index is 338. The maximum absolute atomic E-state index is 10.8. The van der Waals surface area contributed by atoms with E-state index in [2.05, 4.69) is 0 Å². The Morgan fingerprint density at radius 1 is 1.31 bits per heavy atom. The molecule has 1 aromatic rings. The summed E-state index contributed by atoms with van der Waals surface area (Å²) < 4.78 is 16.0. The summed E-state index contributed by atoms with van der Waals surface area (Å²) in [5.74, 6) is 0. The van der Waals surface area contributed by atoms with Crippen LogP contribution in [0.5, 0.6) is 0 Å². The number of rotatable bonds is 6. The largest absolute Gasteiger partial charge is 0.696 e. The van der Waals surface area contributed by atoms with E-state index in [9.17, 15) is 4.57 Å². The molecule has 0 saturated heterocycles. The van der Waals surface area contributed by atoms with Gasteiger partial charge >= 0.3 is 8.25 Å². The standard InChI is InChI=1S/C11H15O3PS/c1-3-11(4-2,14-15(12)13)16-10-8-6-5-7-9-10/h5-9H,3-4H2,1-2H3/p+1. The molecule has 1 rings (SSSR count). The Hall–Kier alpha value is -0.410. The molecule has 0 aliphatic carbocycles. The van der Waals surface area contributed by atoms with E-state index in [1.807, 2.05) is 44.2 Å². The lowest BCUT2D eigenvalue weighted by Crippen LogP contribution is -2.23. The van der Waals surface area contributed by atoms with Crippen LogP contribution in [0.2, 0.25) is 0 Å². The van der Waals surface area contributed by atoms with Gasteiger partial charge in [-0.25, -0.2) is 0 Å². The van der Waals surface area contributed by atoms with Crippen LogP contribution in [0.3, 0.4) is 0 Å². The molecule has 88 valence electrons. The predicted octanol–water partition coefficient (Wildman–Crippen LogP) is 3.96. The van der Waals surface area contributed by atoms with E-state index in [1.54, 1.807) is 0 Å². The van der Waals surface area contributed by atoms with Gasteiger partial charge in [0.2, 0.25) is 0 Å². The lowest BCUT2D eigenvalue weighted by molar-refractivity contribution is 0.147. The topological polar surface area (TPSA) is 46.5 Å². The van der Waals surface area contributed by atoms with Gasteiger partial charge in [-0.1, -0.05) is 43.8 Å². The smallest absolute Gasteiger partial charge is 0.133 e. The van der Waals surface area contributed by atoms with Crippen molar-refractivity contribution in [3.8, 4) is 0 Å². The zero-order valence-electron chi connectivity index (χ0n) is 9.42. The minimum atomic E-state index is -2.57. The molecule has 0 amide bonds. The van der Waals surface area contributed by atoms with Crippen molar-refractivity contribution in [1.29, 1.82) is 0 Å². The molecule has 1 N–H and O–H groups in total. The second kappa shape index (κ2) is 6.36. The minimum absolute atomic E-state index is 0.608. The number of benzene rings is 1. The van der Waals surface area contributed by atoms with Gasteiger partial charge in [0.1, 0.15) is 0 Å². The summed E-state index contributed by atoms with van der Waals surface area (Å²) in [7, 11) is -2.57. The van der Waals surface area contributed by atoms with E-state index < -0.39 is 13.2 Å². The van der Waals surface area contributed by atoms with Crippen LogP contribution < -0.4 is 0 Å². The van der Waals surface area contributed by atoms with Gasteiger partial charge in [-0.2, -0.15) is 0 Å². The van der Waals surface area contributed by atoms with Crippen molar-refractivity contribution in [1.82, 2.24) is 0 Å². The summed E-state index contributed by atoms with van der Waals surface area (Å²) in [5, 5.41) is 0. The Morgan fingerprint density at radius 2 is 1.88 bits per heavy atom. The molecular weight excluding hydrogens is 243 g/mol. The normalized spacial score (nSPS) is 12.6. The molecular formula is C11H16O3PS+. The minimum Gasteiger partial charge on any atom is -0.133 e. The zero-order chi connectivity index (χ0) is 12.0. The molecule has 5 heteroatoms. The zero-order valence-corrected chi connectivity index (χ0v) is 11.1. The van der Waals surface area contributed by atoms with E-state index >= 15 is 0 Å². The number of thioether (sulfide) groups is 1. The van der Waals surface area contributed by atoms with E-state index in [0.717, 1.165) is 4.90 Å². The van der Waals surface area contributed by atoms with Gasteiger partial charge in [0.25, 0.3) is 0 Å². The first-order chi connectivity index (χ1) is 7.62. The Labute approximate surface area is 101 Å². The summed E-state index contributed by atoms with van der Waals surface area (Å²) in [4.78, 5) is 9.34. The van der Waals surface area contributed by atoms with Crippen LogP contribution in [-0.2, 0) is 9.09 Å². The molecule has 0 spiro atoms. The van der Waals surface area contributed by atoms with Crippen molar-refractivity contribution in [3.05, 3.63) is 30.3 Å². The van der Waals surface area contributed by atoms with Crippen LogP contribution in [0.25, 0.3) is 0 Å². The average Bonchev–Trinajstić information content (AvgIpc) is 2.29. The van der Waals surface area contributed by atoms with Gasteiger partial charge in [0, 0.05) is 9.46 Å². The predicted molar refractivity (Wildman–Crippen MR) is 66.5 cm³/mol. The van der Waals surface area contributed by atoms with Gasteiger partial charge < -0.3 is 0 Å². The summed E-state index contributed by atoms with van der Waals surface area (Å²) in [6.45, 7) is 3.91. The third-order valence-corrected chi connectivity index (χ3v) is 4.54. The first kappa shape index (κ1) is 13.7. The molecule has 0 bridgehead atoms. The molecule has 0 aliphatic rings. The van der Waals surface area contributed by atoms with Crippen LogP contribution in [0.15, 0.2) is 35.2 Å². The SMILES string of the molecule is CCC(CC)(O[P+](=O)O)Sc1ccccc1. The van der Waals surface area contributed by atoms with Gasteiger partial charge in [0.05, 0.1) is 0 Å². The van der Waals surface area contributed by atoms with Crippen LogP contribution in [-0.4, -0.2) is 9.83 Å². The number of hydrogen-bond acceptors (Lipinski definition) is 3. The van der Waals surface area contributed by atoms with E-state index in [1.165, 1.54) is 11.8 Å². The quantitative estimate of drug-likeness (QED) is 0.477. The fourth-order valence-electron chi connectivity index (χ4n) is 1.39. The summed E-state index contributed by atoms with van der Waals surface area (Å²) in [6, 6.07) is 9.77. The van der Waals surface area contributed by atoms with Crippen molar-refractivity contribution >= 4 is 20.0 Å². The first-order valence-corrected chi connectivity index (χ1v) is 7.16. The van der Waals surface area contributed by atoms with Crippen LogP contribution >= 0.6 is 20.0 Å². The molecule has 0 saturated carbocycles. The van der Waals surface area contributed by atoms with Crippen LogP contribution in [0, 0.1) is 0 Å². The molecule has 1 aromatic carbocycles. The lowest BCUT2D eigenvalue weighted by Gasteiger charge is -2.23. The molecule has 0 aromatic heterocycles. The van der Waals surface area contributed by atoms with Crippen LogP contribution in [0.1, 0.15) is 26.7 Å².